The van der Waals surface area contributed by atoms with Crippen molar-refractivity contribution in [3.63, 3.8) is 0 Å². The molecule has 0 saturated carbocycles. The lowest BCUT2D eigenvalue weighted by Crippen LogP contribution is -2.06. The summed E-state index contributed by atoms with van der Waals surface area (Å²) in [6.07, 6.45) is 1.77. The third kappa shape index (κ3) is 2.25. The van der Waals surface area contributed by atoms with Crippen molar-refractivity contribution < 1.29 is 0 Å². The maximum atomic E-state index is 6.20. The van der Waals surface area contributed by atoms with Gasteiger partial charge in [-0.05, 0) is 28.8 Å². The molecule has 1 aromatic heterocycles. The summed E-state index contributed by atoms with van der Waals surface area (Å²) in [5.41, 5.74) is 7.88. The average Bonchev–Trinajstić information content (AvgIpc) is 2.85. The van der Waals surface area contributed by atoms with Crippen LogP contribution in [0, 0.1) is 5.92 Å². The van der Waals surface area contributed by atoms with E-state index in [0.717, 1.165) is 34.4 Å². The second-order valence-electron chi connectivity index (χ2n) is 5.49. The van der Waals surface area contributed by atoms with Crippen molar-refractivity contribution in [1.29, 1.82) is 0 Å². The molecule has 3 aromatic rings. The molecule has 4 heteroatoms. The van der Waals surface area contributed by atoms with Gasteiger partial charge in [0.1, 0.15) is 6.33 Å². The first-order chi connectivity index (χ1) is 9.65. The highest BCUT2D eigenvalue weighted by atomic mass is 15.3. The monoisotopic (exact) mass is 266 g/mol. The van der Waals surface area contributed by atoms with Crippen molar-refractivity contribution in [2.75, 3.05) is 5.73 Å². The molecule has 0 bridgehead atoms. The summed E-state index contributed by atoms with van der Waals surface area (Å²) in [5, 5.41) is 10.6. The number of nitrogens with two attached hydrogens (primary N) is 1. The molecule has 0 aliphatic rings. The Balaban J connectivity index is 2.14. The van der Waals surface area contributed by atoms with Crippen LogP contribution in [0.1, 0.15) is 13.8 Å². The molecule has 0 unspecified atom stereocenters. The molecule has 0 radical (unpaired) electrons. The molecule has 0 amide bonds. The molecule has 1 heterocycles. The molecule has 4 nitrogen and oxygen atoms in total. The summed E-state index contributed by atoms with van der Waals surface area (Å²) in [6, 6.07) is 12.3. The van der Waals surface area contributed by atoms with Crippen LogP contribution in [0.5, 0.6) is 0 Å². The minimum Gasteiger partial charge on any atom is -0.398 e. The van der Waals surface area contributed by atoms with Gasteiger partial charge in [-0.25, -0.2) is 0 Å². The normalized spacial score (nSPS) is 11.3. The van der Waals surface area contributed by atoms with E-state index in [2.05, 4.69) is 46.8 Å². The number of aromatic nitrogens is 3. The lowest BCUT2D eigenvalue weighted by Gasteiger charge is -2.11. The van der Waals surface area contributed by atoms with Gasteiger partial charge >= 0.3 is 0 Å². The number of anilines is 1. The first-order valence-corrected chi connectivity index (χ1v) is 6.81. The maximum Gasteiger partial charge on any atom is 0.165 e. The molecule has 0 aliphatic heterocycles. The van der Waals surface area contributed by atoms with Crippen LogP contribution in [0.3, 0.4) is 0 Å². The average molecular weight is 266 g/mol. The topological polar surface area (TPSA) is 56.7 Å². The Morgan fingerprint density at radius 3 is 2.55 bits per heavy atom. The van der Waals surface area contributed by atoms with Crippen LogP contribution < -0.4 is 5.73 Å². The molecule has 20 heavy (non-hydrogen) atoms. The Kier molecular flexibility index (Phi) is 3.14. The van der Waals surface area contributed by atoms with Gasteiger partial charge < -0.3 is 10.3 Å². The molecule has 102 valence electrons. The summed E-state index contributed by atoms with van der Waals surface area (Å²) in [7, 11) is 0. The summed E-state index contributed by atoms with van der Waals surface area (Å²) < 4.78 is 2.06. The predicted octanol–water partition coefficient (Wildman–Crippen LogP) is 3.34. The zero-order valence-corrected chi connectivity index (χ0v) is 11.7. The molecule has 3 rings (SSSR count). The van der Waals surface area contributed by atoms with Gasteiger partial charge in [0, 0.05) is 17.8 Å². The fourth-order valence-corrected chi connectivity index (χ4v) is 2.44. The van der Waals surface area contributed by atoms with Crippen molar-refractivity contribution >= 4 is 16.5 Å². The summed E-state index contributed by atoms with van der Waals surface area (Å²) >= 11 is 0. The first-order valence-electron chi connectivity index (χ1n) is 6.81. The van der Waals surface area contributed by atoms with E-state index in [-0.39, 0.29) is 0 Å². The number of hydrogen-bond acceptors (Lipinski definition) is 3. The third-order valence-electron chi connectivity index (χ3n) is 3.34. The molecular formula is C16H18N4. The minimum absolute atomic E-state index is 0.534. The van der Waals surface area contributed by atoms with Crippen molar-refractivity contribution in [3.05, 3.63) is 42.7 Å². The third-order valence-corrected chi connectivity index (χ3v) is 3.34. The highest BCUT2D eigenvalue weighted by Crippen LogP contribution is 2.29. The lowest BCUT2D eigenvalue weighted by molar-refractivity contribution is 0.525. The number of nitrogen functional groups attached to an aromatic ring is 1. The molecule has 0 saturated heterocycles. The maximum absolute atomic E-state index is 6.20. The Bertz CT molecular complexity index is 743. The van der Waals surface area contributed by atoms with Crippen LogP contribution in [0.15, 0.2) is 42.7 Å². The Hall–Kier alpha value is -2.36. The van der Waals surface area contributed by atoms with Crippen molar-refractivity contribution in [3.8, 4) is 11.4 Å². The fraction of sp³-hybridized carbons (Fsp3) is 0.250. The number of fused-ring (bicyclic) bond motifs is 1. The molecule has 0 aliphatic carbocycles. The van der Waals surface area contributed by atoms with Gasteiger partial charge in [-0.2, -0.15) is 0 Å². The van der Waals surface area contributed by atoms with Gasteiger partial charge in [0.25, 0.3) is 0 Å². The van der Waals surface area contributed by atoms with E-state index in [1.54, 1.807) is 6.33 Å². The SMILES string of the molecule is CC(C)Cn1cnnc1-c1cc2ccccc2cc1N. The van der Waals surface area contributed by atoms with Crippen LogP contribution in [0.25, 0.3) is 22.2 Å². The van der Waals surface area contributed by atoms with E-state index in [4.69, 9.17) is 5.73 Å². The van der Waals surface area contributed by atoms with E-state index >= 15 is 0 Å². The Morgan fingerprint density at radius 1 is 1.15 bits per heavy atom. The van der Waals surface area contributed by atoms with Gasteiger partial charge in [-0.1, -0.05) is 38.1 Å². The van der Waals surface area contributed by atoms with Crippen LogP contribution in [0.4, 0.5) is 5.69 Å². The quantitative estimate of drug-likeness (QED) is 0.740. The van der Waals surface area contributed by atoms with E-state index < -0.39 is 0 Å². The summed E-state index contributed by atoms with van der Waals surface area (Å²) in [5.74, 6) is 1.37. The second kappa shape index (κ2) is 4.96. The fourth-order valence-electron chi connectivity index (χ4n) is 2.44. The molecule has 0 atom stereocenters. The largest absolute Gasteiger partial charge is 0.398 e. The Morgan fingerprint density at radius 2 is 1.85 bits per heavy atom. The predicted molar refractivity (Wildman–Crippen MR) is 82.2 cm³/mol. The molecule has 2 aromatic carbocycles. The van der Waals surface area contributed by atoms with Gasteiger partial charge in [0.05, 0.1) is 0 Å². The van der Waals surface area contributed by atoms with E-state index in [1.807, 2.05) is 18.2 Å². The highest BCUT2D eigenvalue weighted by molar-refractivity contribution is 5.92. The summed E-state index contributed by atoms with van der Waals surface area (Å²) in [6.45, 7) is 5.23. The molecular weight excluding hydrogens is 248 g/mol. The number of hydrogen-bond donors (Lipinski definition) is 1. The van der Waals surface area contributed by atoms with Crippen LogP contribution >= 0.6 is 0 Å². The van der Waals surface area contributed by atoms with Crippen molar-refractivity contribution in [2.24, 2.45) is 5.92 Å². The van der Waals surface area contributed by atoms with Crippen LogP contribution in [-0.2, 0) is 6.54 Å². The zero-order chi connectivity index (χ0) is 14.1. The molecule has 0 spiro atoms. The summed E-state index contributed by atoms with van der Waals surface area (Å²) in [4.78, 5) is 0. The van der Waals surface area contributed by atoms with Crippen molar-refractivity contribution in [1.82, 2.24) is 14.8 Å². The van der Waals surface area contributed by atoms with Gasteiger partial charge in [-0.15, -0.1) is 10.2 Å². The van der Waals surface area contributed by atoms with Gasteiger partial charge in [-0.3, -0.25) is 0 Å². The van der Waals surface area contributed by atoms with Crippen LogP contribution in [-0.4, -0.2) is 14.8 Å². The smallest absolute Gasteiger partial charge is 0.165 e. The lowest BCUT2D eigenvalue weighted by atomic mass is 10.0. The van der Waals surface area contributed by atoms with E-state index in [9.17, 15) is 0 Å². The number of rotatable bonds is 3. The van der Waals surface area contributed by atoms with Gasteiger partial charge in [0.2, 0.25) is 0 Å². The van der Waals surface area contributed by atoms with E-state index in [0.29, 0.717) is 5.92 Å². The molecule has 2 N–H and O–H groups in total. The van der Waals surface area contributed by atoms with Gasteiger partial charge in [0.15, 0.2) is 5.82 Å². The van der Waals surface area contributed by atoms with Crippen molar-refractivity contribution in [2.45, 2.75) is 20.4 Å². The number of nitrogens with zero attached hydrogens (tertiary/aromatic N) is 3. The van der Waals surface area contributed by atoms with Crippen LogP contribution in [0.2, 0.25) is 0 Å². The first kappa shape index (κ1) is 12.7. The standard InChI is InChI=1S/C16H18N4/c1-11(2)9-20-10-18-19-16(20)14-7-12-5-3-4-6-13(12)8-15(14)17/h3-8,10-11H,9,17H2,1-2H3. The minimum atomic E-state index is 0.534. The second-order valence-corrected chi connectivity index (χ2v) is 5.49. The zero-order valence-electron chi connectivity index (χ0n) is 11.7. The number of benzene rings is 2. The highest BCUT2D eigenvalue weighted by Gasteiger charge is 2.12. The molecule has 0 fully saturated rings. The van der Waals surface area contributed by atoms with E-state index in [1.165, 1.54) is 0 Å². The Labute approximate surface area is 118 Å².